The van der Waals surface area contributed by atoms with Crippen LogP contribution in [0.25, 0.3) is 0 Å². The molecule has 0 aromatic rings. The molecule has 0 radical (unpaired) electrons. The molecule has 2 saturated heterocycles. The van der Waals surface area contributed by atoms with E-state index in [4.69, 9.17) is 0 Å². The molecule has 3 nitrogen and oxygen atoms in total. The quantitative estimate of drug-likeness (QED) is 0.665. The number of hydrogen-bond donors (Lipinski definition) is 1. The fourth-order valence-electron chi connectivity index (χ4n) is 3.83. The second kappa shape index (κ2) is 7.26. The van der Waals surface area contributed by atoms with Gasteiger partial charge in [0.15, 0.2) is 9.84 Å². The highest BCUT2D eigenvalue weighted by molar-refractivity contribution is 7.91. The first-order valence-corrected chi connectivity index (χ1v) is 10.3. The molecule has 0 bridgehead atoms. The van der Waals surface area contributed by atoms with Crippen LogP contribution in [-0.4, -0.2) is 33.0 Å². The first-order valence-electron chi connectivity index (χ1n) is 8.49. The molecule has 1 unspecified atom stereocenters. The van der Waals surface area contributed by atoms with Crippen LogP contribution in [0.1, 0.15) is 64.7 Å². The lowest BCUT2D eigenvalue weighted by atomic mass is 9.67. The van der Waals surface area contributed by atoms with Crippen LogP contribution in [0.4, 0.5) is 0 Å². The van der Waals surface area contributed by atoms with E-state index < -0.39 is 9.84 Å². The van der Waals surface area contributed by atoms with Crippen molar-refractivity contribution >= 4 is 9.84 Å². The first kappa shape index (κ1) is 16.3. The van der Waals surface area contributed by atoms with Gasteiger partial charge in [0.2, 0.25) is 0 Å². The van der Waals surface area contributed by atoms with Crippen LogP contribution in [0.2, 0.25) is 0 Å². The van der Waals surface area contributed by atoms with Gasteiger partial charge in [-0.2, -0.15) is 0 Å². The Morgan fingerprint density at radius 1 is 1.05 bits per heavy atom. The topological polar surface area (TPSA) is 46.2 Å². The normalized spacial score (nSPS) is 27.4. The molecule has 0 spiro atoms. The lowest BCUT2D eigenvalue weighted by Gasteiger charge is -2.47. The number of hydrogen-bond acceptors (Lipinski definition) is 3. The molecule has 2 aliphatic rings. The average Bonchev–Trinajstić information content (AvgIpc) is 2.71. The summed E-state index contributed by atoms with van der Waals surface area (Å²) in [4.78, 5) is 0. The number of rotatable bonds is 9. The van der Waals surface area contributed by atoms with Crippen LogP contribution in [0.3, 0.4) is 0 Å². The monoisotopic (exact) mass is 301 g/mol. The lowest BCUT2D eigenvalue weighted by molar-refractivity contribution is 0.0770. The van der Waals surface area contributed by atoms with Gasteiger partial charge in [0.1, 0.15) is 0 Å². The van der Waals surface area contributed by atoms with Gasteiger partial charge in [0.25, 0.3) is 0 Å². The molecule has 1 N–H and O–H groups in total. The summed E-state index contributed by atoms with van der Waals surface area (Å²) < 4.78 is 23.4. The number of nitrogens with one attached hydrogen (secondary N) is 1. The van der Waals surface area contributed by atoms with E-state index in [-0.39, 0.29) is 0 Å². The van der Waals surface area contributed by atoms with Crippen molar-refractivity contribution in [2.45, 2.75) is 64.7 Å². The first-order chi connectivity index (χ1) is 9.58. The molecular weight excluding hydrogens is 270 g/mol. The van der Waals surface area contributed by atoms with Gasteiger partial charge in [0, 0.05) is 13.1 Å². The highest BCUT2D eigenvalue weighted by Gasteiger charge is 2.47. The number of sulfone groups is 1. The molecule has 20 heavy (non-hydrogen) atoms. The molecular formula is C16H31NO2S. The molecule has 0 aromatic heterocycles. The third-order valence-electron chi connectivity index (χ3n) is 5.33. The predicted molar refractivity (Wildman–Crippen MR) is 84.7 cm³/mol. The second-order valence-electron chi connectivity index (χ2n) is 6.94. The van der Waals surface area contributed by atoms with Crippen LogP contribution in [0.15, 0.2) is 0 Å². The third-order valence-corrected chi connectivity index (χ3v) is 7.10. The summed E-state index contributed by atoms with van der Waals surface area (Å²) in [5.74, 6) is 1.30. The molecule has 2 aliphatic heterocycles. The van der Waals surface area contributed by atoms with Gasteiger partial charge in [-0.05, 0) is 24.2 Å². The van der Waals surface area contributed by atoms with Crippen molar-refractivity contribution in [3.8, 4) is 0 Å². The summed E-state index contributed by atoms with van der Waals surface area (Å²) in [5.41, 5.74) is 0.312. The van der Waals surface area contributed by atoms with Gasteiger partial charge in [-0.3, -0.25) is 0 Å². The Balaban J connectivity index is 1.67. The smallest absolute Gasteiger partial charge is 0.150 e. The Labute approximate surface area is 124 Å². The SMILES string of the molecule is CCCCCCCCCC1(C2CCS(=O)(=O)C2)CNC1. The van der Waals surface area contributed by atoms with E-state index in [1.54, 1.807) is 0 Å². The molecule has 118 valence electrons. The highest BCUT2D eigenvalue weighted by atomic mass is 32.2. The van der Waals surface area contributed by atoms with Gasteiger partial charge < -0.3 is 5.32 Å². The molecule has 2 heterocycles. The maximum absolute atomic E-state index is 11.7. The minimum Gasteiger partial charge on any atom is -0.316 e. The van der Waals surface area contributed by atoms with Gasteiger partial charge >= 0.3 is 0 Å². The van der Waals surface area contributed by atoms with Crippen LogP contribution in [0, 0.1) is 11.3 Å². The van der Waals surface area contributed by atoms with Gasteiger partial charge in [-0.1, -0.05) is 51.9 Å². The molecule has 4 heteroatoms. The molecule has 0 aromatic carbocycles. The summed E-state index contributed by atoms with van der Waals surface area (Å²) in [5, 5.41) is 3.38. The van der Waals surface area contributed by atoms with Crippen LogP contribution in [-0.2, 0) is 9.84 Å². The third kappa shape index (κ3) is 4.20. The zero-order chi connectivity index (χ0) is 14.5. The molecule has 1 atom stereocenters. The number of unbranched alkanes of at least 4 members (excludes halogenated alkanes) is 6. The standard InChI is InChI=1S/C16H31NO2S/c1-2-3-4-5-6-7-8-10-16(13-17-14-16)15-9-11-20(18,19)12-15/h15,17H,2-14H2,1H3. The lowest BCUT2D eigenvalue weighted by Crippen LogP contribution is -2.57. The predicted octanol–water partition coefficient (Wildman–Crippen LogP) is 3.15. The Hall–Kier alpha value is -0.0900. The fourth-order valence-corrected chi connectivity index (χ4v) is 5.77. The molecule has 0 amide bonds. The van der Waals surface area contributed by atoms with E-state index >= 15 is 0 Å². The molecule has 0 aliphatic carbocycles. The minimum absolute atomic E-state index is 0.312. The van der Waals surface area contributed by atoms with Crippen molar-refractivity contribution in [1.82, 2.24) is 5.32 Å². The van der Waals surface area contributed by atoms with Gasteiger partial charge in [0.05, 0.1) is 11.5 Å². The summed E-state index contributed by atoms with van der Waals surface area (Å²) in [6.45, 7) is 4.34. The van der Waals surface area contributed by atoms with Crippen molar-refractivity contribution in [3.63, 3.8) is 0 Å². The van der Waals surface area contributed by atoms with E-state index in [0.717, 1.165) is 19.5 Å². The summed E-state index contributed by atoms with van der Waals surface area (Å²) >= 11 is 0. The van der Waals surface area contributed by atoms with Crippen molar-refractivity contribution in [2.24, 2.45) is 11.3 Å². The molecule has 0 saturated carbocycles. The molecule has 2 rings (SSSR count). The summed E-state index contributed by atoms with van der Waals surface area (Å²) in [6.07, 6.45) is 11.5. The van der Waals surface area contributed by atoms with Crippen molar-refractivity contribution < 1.29 is 8.42 Å². The average molecular weight is 301 g/mol. The van der Waals surface area contributed by atoms with Gasteiger partial charge in [-0.15, -0.1) is 0 Å². The van der Waals surface area contributed by atoms with Gasteiger partial charge in [-0.25, -0.2) is 8.42 Å². The van der Waals surface area contributed by atoms with Crippen molar-refractivity contribution in [3.05, 3.63) is 0 Å². The van der Waals surface area contributed by atoms with E-state index in [1.807, 2.05) is 0 Å². The fraction of sp³-hybridized carbons (Fsp3) is 1.00. The Bertz CT molecular complexity index is 387. The van der Waals surface area contributed by atoms with E-state index in [2.05, 4.69) is 12.2 Å². The van der Waals surface area contributed by atoms with E-state index in [9.17, 15) is 8.42 Å². The summed E-state index contributed by atoms with van der Waals surface area (Å²) in [7, 11) is -2.73. The Kier molecular flexibility index (Phi) is 5.91. The minimum atomic E-state index is -2.73. The van der Waals surface area contributed by atoms with Crippen molar-refractivity contribution in [2.75, 3.05) is 24.6 Å². The zero-order valence-electron chi connectivity index (χ0n) is 13.0. The van der Waals surface area contributed by atoms with Crippen LogP contribution >= 0.6 is 0 Å². The highest BCUT2D eigenvalue weighted by Crippen LogP contribution is 2.43. The van der Waals surface area contributed by atoms with E-state index in [0.29, 0.717) is 22.8 Å². The Morgan fingerprint density at radius 2 is 1.70 bits per heavy atom. The largest absolute Gasteiger partial charge is 0.316 e. The maximum Gasteiger partial charge on any atom is 0.150 e. The van der Waals surface area contributed by atoms with Crippen LogP contribution < -0.4 is 5.32 Å². The van der Waals surface area contributed by atoms with Crippen molar-refractivity contribution in [1.29, 1.82) is 0 Å². The van der Waals surface area contributed by atoms with Crippen LogP contribution in [0.5, 0.6) is 0 Å². The zero-order valence-corrected chi connectivity index (χ0v) is 13.8. The molecule has 2 fully saturated rings. The maximum atomic E-state index is 11.7. The van der Waals surface area contributed by atoms with E-state index in [1.165, 1.54) is 51.4 Å². The Morgan fingerprint density at radius 3 is 2.20 bits per heavy atom. The summed E-state index contributed by atoms with van der Waals surface area (Å²) in [6, 6.07) is 0. The second-order valence-corrected chi connectivity index (χ2v) is 9.17.